The van der Waals surface area contributed by atoms with Gasteiger partial charge in [0.05, 0.1) is 12.3 Å². The third-order valence-electron chi connectivity index (χ3n) is 2.23. The van der Waals surface area contributed by atoms with Gasteiger partial charge in [-0.2, -0.15) is 0 Å². The first kappa shape index (κ1) is 11.1. The Balaban J connectivity index is 2.05. The molecule has 2 atom stereocenters. The highest BCUT2D eigenvalue weighted by molar-refractivity contribution is 4.67. The minimum absolute atomic E-state index is 0.144. The number of rotatable bonds is 6. The average molecular weight is 198 g/mol. The second-order valence-electron chi connectivity index (χ2n) is 3.50. The van der Waals surface area contributed by atoms with E-state index in [1.54, 1.807) is 17.8 Å². The van der Waals surface area contributed by atoms with Crippen LogP contribution in [-0.4, -0.2) is 38.8 Å². The fourth-order valence-corrected chi connectivity index (χ4v) is 1.09. The summed E-state index contributed by atoms with van der Waals surface area (Å²) in [6, 6.07) is 0.144. The smallest absolute Gasteiger partial charge is 0.0692 e. The molecule has 0 radical (unpaired) electrons. The standard InChI is InChI=1S/C9H18N4O/c1-8(9(2)14)10-4-3-6-13-7-5-11-12-13/h5,7-10,14H,3-4,6H2,1-2H3. The predicted octanol–water partition coefficient (Wildman–Crippen LogP) is 0.0271. The SMILES string of the molecule is CC(O)C(C)NCCCn1ccnn1. The zero-order valence-corrected chi connectivity index (χ0v) is 8.72. The highest BCUT2D eigenvalue weighted by Crippen LogP contribution is 1.91. The van der Waals surface area contributed by atoms with Crippen LogP contribution in [0.2, 0.25) is 0 Å². The van der Waals surface area contributed by atoms with Gasteiger partial charge in [-0.05, 0) is 26.8 Å². The lowest BCUT2D eigenvalue weighted by Crippen LogP contribution is -2.36. The monoisotopic (exact) mass is 198 g/mol. The first-order chi connectivity index (χ1) is 6.70. The van der Waals surface area contributed by atoms with Crippen LogP contribution >= 0.6 is 0 Å². The number of aliphatic hydroxyl groups excluding tert-OH is 1. The average Bonchev–Trinajstić information content (AvgIpc) is 2.64. The van der Waals surface area contributed by atoms with Crippen LogP contribution in [-0.2, 0) is 6.54 Å². The van der Waals surface area contributed by atoms with E-state index in [1.807, 2.05) is 13.1 Å². The predicted molar refractivity (Wildman–Crippen MR) is 53.8 cm³/mol. The van der Waals surface area contributed by atoms with Crippen LogP contribution in [0.1, 0.15) is 20.3 Å². The molecule has 1 aromatic rings. The zero-order chi connectivity index (χ0) is 10.4. The van der Waals surface area contributed by atoms with E-state index in [1.165, 1.54) is 0 Å². The Morgan fingerprint density at radius 2 is 2.29 bits per heavy atom. The molecule has 1 heterocycles. The third-order valence-corrected chi connectivity index (χ3v) is 2.23. The number of nitrogens with one attached hydrogen (secondary N) is 1. The number of aromatic nitrogens is 3. The normalized spacial score (nSPS) is 15.4. The van der Waals surface area contributed by atoms with Gasteiger partial charge in [0.25, 0.3) is 0 Å². The van der Waals surface area contributed by atoms with Crippen molar-refractivity contribution >= 4 is 0 Å². The van der Waals surface area contributed by atoms with Crippen LogP contribution in [0, 0.1) is 0 Å². The molecular formula is C9H18N4O. The molecular weight excluding hydrogens is 180 g/mol. The molecule has 0 fully saturated rings. The fraction of sp³-hybridized carbons (Fsp3) is 0.778. The largest absolute Gasteiger partial charge is 0.392 e. The summed E-state index contributed by atoms with van der Waals surface area (Å²) in [6.07, 6.45) is 4.20. The van der Waals surface area contributed by atoms with Crippen molar-refractivity contribution in [2.75, 3.05) is 6.54 Å². The number of hydrogen-bond donors (Lipinski definition) is 2. The van der Waals surface area contributed by atoms with Gasteiger partial charge in [-0.1, -0.05) is 5.21 Å². The quantitative estimate of drug-likeness (QED) is 0.633. The van der Waals surface area contributed by atoms with Crippen molar-refractivity contribution in [3.63, 3.8) is 0 Å². The first-order valence-electron chi connectivity index (χ1n) is 4.95. The van der Waals surface area contributed by atoms with Crippen molar-refractivity contribution in [3.05, 3.63) is 12.4 Å². The van der Waals surface area contributed by atoms with Crippen LogP contribution in [0.5, 0.6) is 0 Å². The van der Waals surface area contributed by atoms with Crippen molar-refractivity contribution in [3.8, 4) is 0 Å². The Morgan fingerprint density at radius 3 is 2.86 bits per heavy atom. The Labute approximate surface area is 84.1 Å². The second kappa shape index (κ2) is 5.72. The molecule has 2 unspecified atom stereocenters. The Hall–Kier alpha value is -0.940. The van der Waals surface area contributed by atoms with E-state index in [-0.39, 0.29) is 12.1 Å². The number of aryl methyl sites for hydroxylation is 1. The van der Waals surface area contributed by atoms with Gasteiger partial charge in [-0.25, -0.2) is 0 Å². The van der Waals surface area contributed by atoms with Gasteiger partial charge < -0.3 is 10.4 Å². The van der Waals surface area contributed by atoms with E-state index in [4.69, 9.17) is 0 Å². The summed E-state index contributed by atoms with van der Waals surface area (Å²) in [6.45, 7) is 5.50. The van der Waals surface area contributed by atoms with Gasteiger partial charge in [0.2, 0.25) is 0 Å². The molecule has 0 bridgehead atoms. The van der Waals surface area contributed by atoms with Crippen molar-refractivity contribution in [2.45, 2.75) is 39.0 Å². The topological polar surface area (TPSA) is 63.0 Å². The van der Waals surface area contributed by atoms with Gasteiger partial charge in [0.1, 0.15) is 0 Å². The van der Waals surface area contributed by atoms with Crippen molar-refractivity contribution in [1.29, 1.82) is 0 Å². The maximum atomic E-state index is 9.21. The minimum Gasteiger partial charge on any atom is -0.392 e. The molecule has 0 saturated heterocycles. The molecule has 80 valence electrons. The van der Waals surface area contributed by atoms with Crippen molar-refractivity contribution in [2.24, 2.45) is 0 Å². The Bertz CT molecular complexity index is 235. The van der Waals surface area contributed by atoms with E-state index in [0.29, 0.717) is 0 Å². The molecule has 1 aromatic heterocycles. The van der Waals surface area contributed by atoms with Crippen LogP contribution in [0.3, 0.4) is 0 Å². The molecule has 14 heavy (non-hydrogen) atoms. The van der Waals surface area contributed by atoms with E-state index in [0.717, 1.165) is 19.5 Å². The summed E-state index contributed by atoms with van der Waals surface area (Å²) in [5, 5.41) is 20.0. The molecule has 1 rings (SSSR count). The summed E-state index contributed by atoms with van der Waals surface area (Å²) in [5.41, 5.74) is 0. The highest BCUT2D eigenvalue weighted by Gasteiger charge is 2.06. The number of nitrogens with zero attached hydrogens (tertiary/aromatic N) is 3. The second-order valence-corrected chi connectivity index (χ2v) is 3.50. The van der Waals surface area contributed by atoms with Crippen LogP contribution in [0.15, 0.2) is 12.4 Å². The lowest BCUT2D eigenvalue weighted by molar-refractivity contribution is 0.152. The molecule has 0 aliphatic carbocycles. The lowest BCUT2D eigenvalue weighted by atomic mass is 10.2. The molecule has 0 aliphatic heterocycles. The van der Waals surface area contributed by atoms with Gasteiger partial charge in [-0.15, -0.1) is 5.10 Å². The molecule has 0 spiro atoms. The molecule has 0 aromatic carbocycles. The first-order valence-corrected chi connectivity index (χ1v) is 4.95. The summed E-state index contributed by atoms with van der Waals surface area (Å²) in [4.78, 5) is 0. The molecule has 0 amide bonds. The van der Waals surface area contributed by atoms with Crippen LogP contribution in [0.4, 0.5) is 0 Å². The Morgan fingerprint density at radius 1 is 1.50 bits per heavy atom. The zero-order valence-electron chi connectivity index (χ0n) is 8.72. The number of hydrogen-bond acceptors (Lipinski definition) is 4. The van der Waals surface area contributed by atoms with E-state index < -0.39 is 0 Å². The highest BCUT2D eigenvalue weighted by atomic mass is 16.3. The molecule has 5 heteroatoms. The van der Waals surface area contributed by atoms with Gasteiger partial charge in [0.15, 0.2) is 0 Å². The molecule has 2 N–H and O–H groups in total. The van der Waals surface area contributed by atoms with Crippen LogP contribution < -0.4 is 5.32 Å². The Kier molecular flexibility index (Phi) is 4.55. The molecule has 0 saturated carbocycles. The maximum Gasteiger partial charge on any atom is 0.0692 e. The summed E-state index contributed by atoms with van der Waals surface area (Å²) in [5.74, 6) is 0. The molecule has 0 aliphatic rings. The van der Waals surface area contributed by atoms with Gasteiger partial charge in [-0.3, -0.25) is 4.68 Å². The van der Waals surface area contributed by atoms with E-state index in [2.05, 4.69) is 15.6 Å². The van der Waals surface area contributed by atoms with E-state index in [9.17, 15) is 5.11 Å². The number of aliphatic hydroxyl groups is 1. The summed E-state index contributed by atoms with van der Waals surface area (Å²) >= 11 is 0. The van der Waals surface area contributed by atoms with Gasteiger partial charge >= 0.3 is 0 Å². The lowest BCUT2D eigenvalue weighted by Gasteiger charge is -2.16. The third kappa shape index (κ3) is 3.85. The summed E-state index contributed by atoms with van der Waals surface area (Å²) in [7, 11) is 0. The maximum absolute atomic E-state index is 9.21. The van der Waals surface area contributed by atoms with Crippen molar-refractivity contribution in [1.82, 2.24) is 20.3 Å². The fourth-order valence-electron chi connectivity index (χ4n) is 1.09. The van der Waals surface area contributed by atoms with Gasteiger partial charge in [0, 0.05) is 18.8 Å². The minimum atomic E-state index is -0.304. The van der Waals surface area contributed by atoms with E-state index >= 15 is 0 Å². The van der Waals surface area contributed by atoms with Crippen molar-refractivity contribution < 1.29 is 5.11 Å². The van der Waals surface area contributed by atoms with Crippen LogP contribution in [0.25, 0.3) is 0 Å². The molecule has 5 nitrogen and oxygen atoms in total. The summed E-state index contributed by atoms with van der Waals surface area (Å²) < 4.78 is 1.80.